The first kappa shape index (κ1) is 32.8. The standard InChI is InChI=1S/C26H44N4O8/c1-5-7-9-10-11-12-14-28-22(32)18-30-20(16-24(34)38-4)25(35)29(17-21(31)27-13-8-6-2)19(26(30)36)15-23(33)37-3/h19-20H,5-18H2,1-4H3,(H,27,31)(H,28,32)/t19-,20-/m0/s1. The fraction of sp³-hybridized carbons (Fsp3) is 0.769. The molecule has 1 saturated heterocycles. The van der Waals surface area contributed by atoms with Crippen LogP contribution in [-0.2, 0) is 38.2 Å². The lowest BCUT2D eigenvalue weighted by atomic mass is 9.99. The molecule has 1 aliphatic heterocycles. The zero-order valence-electron chi connectivity index (χ0n) is 23.2. The van der Waals surface area contributed by atoms with Gasteiger partial charge in [0, 0.05) is 13.1 Å². The van der Waals surface area contributed by atoms with Crippen molar-refractivity contribution in [1.82, 2.24) is 20.4 Å². The lowest BCUT2D eigenvalue weighted by Gasteiger charge is -2.43. The third kappa shape index (κ3) is 11.1. The molecule has 2 atom stereocenters. The topological polar surface area (TPSA) is 151 Å². The van der Waals surface area contributed by atoms with Gasteiger partial charge in [-0.2, -0.15) is 0 Å². The van der Waals surface area contributed by atoms with Crippen LogP contribution in [0.2, 0.25) is 0 Å². The molecule has 0 radical (unpaired) electrons. The summed E-state index contributed by atoms with van der Waals surface area (Å²) in [6.07, 6.45) is 6.85. The first-order valence-electron chi connectivity index (χ1n) is 13.5. The molecule has 4 amide bonds. The van der Waals surface area contributed by atoms with Gasteiger partial charge in [-0.15, -0.1) is 0 Å². The van der Waals surface area contributed by atoms with Crippen LogP contribution in [0.25, 0.3) is 0 Å². The summed E-state index contributed by atoms with van der Waals surface area (Å²) in [5.41, 5.74) is 0. The number of methoxy groups -OCH3 is 2. The summed E-state index contributed by atoms with van der Waals surface area (Å²) >= 11 is 0. The van der Waals surface area contributed by atoms with Gasteiger partial charge in [0.2, 0.25) is 23.6 Å². The summed E-state index contributed by atoms with van der Waals surface area (Å²) in [7, 11) is 2.29. The molecule has 1 fully saturated rings. The highest BCUT2D eigenvalue weighted by Crippen LogP contribution is 2.23. The van der Waals surface area contributed by atoms with Crippen LogP contribution >= 0.6 is 0 Å². The van der Waals surface area contributed by atoms with Gasteiger partial charge in [0.1, 0.15) is 25.2 Å². The number of amides is 4. The highest BCUT2D eigenvalue weighted by atomic mass is 16.5. The van der Waals surface area contributed by atoms with E-state index in [0.717, 1.165) is 69.0 Å². The van der Waals surface area contributed by atoms with Crippen LogP contribution in [0.3, 0.4) is 0 Å². The minimum absolute atomic E-state index is 0.392. The first-order chi connectivity index (χ1) is 18.2. The maximum Gasteiger partial charge on any atom is 0.308 e. The predicted octanol–water partition coefficient (Wildman–Crippen LogP) is 0.914. The maximum absolute atomic E-state index is 13.5. The molecule has 0 saturated carbocycles. The van der Waals surface area contributed by atoms with E-state index < -0.39 is 73.6 Å². The van der Waals surface area contributed by atoms with E-state index in [1.165, 1.54) is 6.42 Å². The van der Waals surface area contributed by atoms with Crippen molar-refractivity contribution in [2.75, 3.05) is 40.4 Å². The Balaban J connectivity index is 3.05. The number of carbonyl (C=O) groups excluding carboxylic acids is 6. The second-order valence-electron chi connectivity index (χ2n) is 9.35. The average Bonchev–Trinajstić information content (AvgIpc) is 2.90. The van der Waals surface area contributed by atoms with Crippen LogP contribution in [0.15, 0.2) is 0 Å². The molecule has 0 bridgehead atoms. The third-order valence-corrected chi connectivity index (χ3v) is 6.40. The molecular weight excluding hydrogens is 496 g/mol. The number of piperazine rings is 1. The SMILES string of the molecule is CCCCCCCCNC(=O)CN1C(=O)[C@H](CC(=O)OC)N(CC(=O)NCCCC)C(=O)[C@@H]1CC(=O)OC. The monoisotopic (exact) mass is 540 g/mol. The largest absolute Gasteiger partial charge is 0.469 e. The van der Waals surface area contributed by atoms with Gasteiger partial charge < -0.3 is 29.9 Å². The van der Waals surface area contributed by atoms with Crippen LogP contribution in [0, 0.1) is 0 Å². The maximum atomic E-state index is 13.5. The molecule has 1 heterocycles. The molecule has 0 aromatic heterocycles. The predicted molar refractivity (Wildman–Crippen MR) is 139 cm³/mol. The first-order valence-corrected chi connectivity index (χ1v) is 13.5. The van der Waals surface area contributed by atoms with E-state index in [4.69, 9.17) is 9.47 Å². The molecule has 216 valence electrons. The van der Waals surface area contributed by atoms with Gasteiger partial charge in [0.15, 0.2) is 0 Å². The number of nitrogens with zero attached hydrogens (tertiary/aromatic N) is 2. The van der Waals surface area contributed by atoms with Crippen molar-refractivity contribution in [1.29, 1.82) is 0 Å². The molecule has 2 N–H and O–H groups in total. The fourth-order valence-electron chi connectivity index (χ4n) is 4.17. The summed E-state index contributed by atoms with van der Waals surface area (Å²) in [5, 5.41) is 5.43. The van der Waals surface area contributed by atoms with Gasteiger partial charge >= 0.3 is 11.9 Å². The van der Waals surface area contributed by atoms with Crippen molar-refractivity contribution in [3.8, 4) is 0 Å². The number of rotatable bonds is 18. The van der Waals surface area contributed by atoms with Crippen LogP contribution in [0.5, 0.6) is 0 Å². The van der Waals surface area contributed by atoms with E-state index in [2.05, 4.69) is 17.6 Å². The number of unbranched alkanes of at least 4 members (excludes halogenated alkanes) is 6. The Kier molecular flexibility index (Phi) is 15.7. The number of hydrogen-bond acceptors (Lipinski definition) is 8. The Morgan fingerprint density at radius 3 is 1.47 bits per heavy atom. The molecule has 12 nitrogen and oxygen atoms in total. The minimum Gasteiger partial charge on any atom is -0.469 e. The van der Waals surface area contributed by atoms with E-state index in [1.807, 2.05) is 6.92 Å². The van der Waals surface area contributed by atoms with Crippen LogP contribution in [0.4, 0.5) is 0 Å². The highest BCUT2D eigenvalue weighted by Gasteiger charge is 2.48. The van der Waals surface area contributed by atoms with Crippen molar-refractivity contribution in [2.24, 2.45) is 0 Å². The molecule has 0 spiro atoms. The normalized spacial score (nSPS) is 17.3. The number of esters is 2. The van der Waals surface area contributed by atoms with Gasteiger partial charge in [-0.1, -0.05) is 52.4 Å². The Morgan fingerprint density at radius 2 is 1.05 bits per heavy atom. The molecule has 12 heteroatoms. The lowest BCUT2D eigenvalue weighted by Crippen LogP contribution is -2.67. The molecule has 0 aromatic carbocycles. The molecule has 38 heavy (non-hydrogen) atoms. The van der Waals surface area contributed by atoms with Gasteiger partial charge in [0.05, 0.1) is 27.1 Å². The van der Waals surface area contributed by atoms with Crippen LogP contribution in [-0.4, -0.2) is 97.8 Å². The molecule has 1 aliphatic rings. The van der Waals surface area contributed by atoms with Crippen molar-refractivity contribution in [3.63, 3.8) is 0 Å². The van der Waals surface area contributed by atoms with E-state index in [1.54, 1.807) is 0 Å². The summed E-state index contributed by atoms with van der Waals surface area (Å²) in [4.78, 5) is 78.4. The summed E-state index contributed by atoms with van der Waals surface area (Å²) in [6.45, 7) is 3.95. The number of nitrogens with one attached hydrogen (secondary N) is 2. The minimum atomic E-state index is -1.35. The Labute approximate surface area is 225 Å². The Morgan fingerprint density at radius 1 is 0.658 bits per heavy atom. The van der Waals surface area contributed by atoms with Gasteiger partial charge in [0.25, 0.3) is 0 Å². The van der Waals surface area contributed by atoms with E-state index in [9.17, 15) is 28.8 Å². The Bertz CT molecular complexity index is 819. The zero-order valence-corrected chi connectivity index (χ0v) is 23.2. The van der Waals surface area contributed by atoms with Crippen molar-refractivity contribution >= 4 is 35.6 Å². The van der Waals surface area contributed by atoms with Crippen LogP contribution in [0.1, 0.15) is 78.1 Å². The molecule has 0 unspecified atom stereocenters. The quantitative estimate of drug-likeness (QED) is 0.192. The summed E-state index contributed by atoms with van der Waals surface area (Å²) in [5.74, 6) is -3.95. The van der Waals surface area contributed by atoms with Crippen molar-refractivity contribution in [2.45, 2.75) is 90.1 Å². The van der Waals surface area contributed by atoms with Gasteiger partial charge in [-0.05, 0) is 12.8 Å². The van der Waals surface area contributed by atoms with Crippen LogP contribution < -0.4 is 10.6 Å². The second-order valence-corrected chi connectivity index (χ2v) is 9.35. The smallest absolute Gasteiger partial charge is 0.308 e. The third-order valence-electron chi connectivity index (χ3n) is 6.40. The lowest BCUT2D eigenvalue weighted by molar-refractivity contribution is -0.169. The molecule has 0 aliphatic carbocycles. The molecule has 1 rings (SSSR count). The number of hydrogen-bond donors (Lipinski definition) is 2. The van der Waals surface area contributed by atoms with Gasteiger partial charge in [-0.25, -0.2) is 0 Å². The van der Waals surface area contributed by atoms with E-state index >= 15 is 0 Å². The summed E-state index contributed by atoms with van der Waals surface area (Å²) in [6, 6.07) is -2.71. The molecule has 0 aromatic rings. The van der Waals surface area contributed by atoms with Crippen molar-refractivity contribution in [3.05, 3.63) is 0 Å². The molecular formula is C26H44N4O8. The van der Waals surface area contributed by atoms with Crippen molar-refractivity contribution < 1.29 is 38.2 Å². The Hall–Kier alpha value is -3.18. The van der Waals surface area contributed by atoms with E-state index in [0.29, 0.717) is 13.1 Å². The van der Waals surface area contributed by atoms with E-state index in [-0.39, 0.29) is 0 Å². The number of ether oxygens (including phenoxy) is 2. The fourth-order valence-corrected chi connectivity index (χ4v) is 4.17. The highest BCUT2D eigenvalue weighted by molar-refractivity contribution is 6.03. The average molecular weight is 541 g/mol. The summed E-state index contributed by atoms with van der Waals surface area (Å²) < 4.78 is 9.39. The van der Waals surface area contributed by atoms with Gasteiger partial charge in [-0.3, -0.25) is 28.8 Å². The second kappa shape index (κ2) is 18.1. The number of carbonyl (C=O) groups is 6. The zero-order chi connectivity index (χ0) is 28.5.